The summed E-state index contributed by atoms with van der Waals surface area (Å²) in [6.45, 7) is 17.6. The lowest BCUT2D eigenvalue weighted by Gasteiger charge is -2.40. The van der Waals surface area contributed by atoms with E-state index in [0.29, 0.717) is 19.0 Å². The van der Waals surface area contributed by atoms with Crippen molar-refractivity contribution in [1.29, 1.82) is 0 Å². The highest BCUT2D eigenvalue weighted by atomic mass is 16.4. The summed E-state index contributed by atoms with van der Waals surface area (Å²) in [7, 11) is 0. The number of fused-ring (bicyclic) bond motifs is 2. The fraction of sp³-hybridized carbons (Fsp3) is 0.594. The van der Waals surface area contributed by atoms with Gasteiger partial charge in [0.25, 0.3) is 0 Å². The molecule has 0 fully saturated rings. The first kappa shape index (κ1) is 29.1. The summed E-state index contributed by atoms with van der Waals surface area (Å²) in [6.07, 6.45) is 5.53. The van der Waals surface area contributed by atoms with Gasteiger partial charge in [0.05, 0.1) is 29.3 Å². The molecule has 0 saturated carbocycles. The van der Waals surface area contributed by atoms with E-state index in [-0.39, 0.29) is 11.5 Å². The number of benzene rings is 1. The maximum Gasteiger partial charge on any atom is 0.407 e. The van der Waals surface area contributed by atoms with Gasteiger partial charge in [-0.25, -0.2) is 9.78 Å². The average Bonchev–Trinajstić information content (AvgIpc) is 3.20. The molecule has 0 radical (unpaired) electrons. The summed E-state index contributed by atoms with van der Waals surface area (Å²) in [5, 5.41) is 9.97. The fourth-order valence-corrected chi connectivity index (χ4v) is 5.81. The van der Waals surface area contributed by atoms with Crippen molar-refractivity contribution in [3.63, 3.8) is 0 Å². The van der Waals surface area contributed by atoms with Gasteiger partial charge >= 0.3 is 6.09 Å². The minimum atomic E-state index is -0.880. The van der Waals surface area contributed by atoms with Crippen molar-refractivity contribution in [3.8, 4) is 0 Å². The highest BCUT2D eigenvalue weighted by molar-refractivity contribution is 5.76. The van der Waals surface area contributed by atoms with E-state index in [1.165, 1.54) is 17.7 Å². The third-order valence-electron chi connectivity index (χ3n) is 7.89. The van der Waals surface area contributed by atoms with Crippen LogP contribution in [0, 0.1) is 11.3 Å². The van der Waals surface area contributed by atoms with E-state index in [1.807, 2.05) is 33.0 Å². The Labute approximate surface area is 234 Å². The van der Waals surface area contributed by atoms with Gasteiger partial charge < -0.3 is 14.6 Å². The van der Waals surface area contributed by atoms with Gasteiger partial charge in [-0.1, -0.05) is 45.9 Å². The zero-order chi connectivity index (χ0) is 28.4. The number of carboxylic acid groups (broad SMARTS) is 1. The second-order valence-electron chi connectivity index (χ2n) is 13.4. The van der Waals surface area contributed by atoms with Gasteiger partial charge in [-0.15, -0.1) is 0 Å². The highest BCUT2D eigenvalue weighted by Crippen LogP contribution is 2.35. The second kappa shape index (κ2) is 11.7. The minimum Gasteiger partial charge on any atom is -0.465 e. The summed E-state index contributed by atoms with van der Waals surface area (Å²) < 4.78 is 2.34. The van der Waals surface area contributed by atoms with E-state index >= 15 is 0 Å². The lowest BCUT2D eigenvalue weighted by molar-refractivity contribution is 0.0673. The summed E-state index contributed by atoms with van der Waals surface area (Å²) in [6, 6.07) is 12.9. The molecule has 0 saturated heterocycles. The minimum absolute atomic E-state index is 0.276. The third-order valence-corrected chi connectivity index (χ3v) is 7.89. The average molecular weight is 534 g/mol. The number of hydrogen-bond acceptors (Lipinski definition) is 4. The molecule has 4 rings (SSSR count). The molecule has 1 N–H and O–H groups in total. The molecule has 39 heavy (non-hydrogen) atoms. The standard InChI is InChI=1S/C32H47N5O2/c1-23(2)17-19-35(27-16-10-12-24-13-11-18-33-29(24)27)20-28-34-25-14-8-9-15-26(25)36(28)21-32(6,7)22-37(30(38)39)31(3,4)5/h8-9,11,13-15,18,23,27H,10,12,16-17,19-22H2,1-7H3,(H,38,39). The number of carbonyl (C=O) groups is 1. The van der Waals surface area contributed by atoms with Crippen LogP contribution >= 0.6 is 0 Å². The van der Waals surface area contributed by atoms with E-state index in [0.717, 1.165) is 49.2 Å². The molecule has 3 aromatic rings. The van der Waals surface area contributed by atoms with Crippen LogP contribution in [0.2, 0.25) is 0 Å². The van der Waals surface area contributed by atoms with Gasteiger partial charge in [-0.3, -0.25) is 9.88 Å². The molecule has 212 valence electrons. The summed E-state index contributed by atoms with van der Waals surface area (Å²) >= 11 is 0. The van der Waals surface area contributed by atoms with E-state index < -0.39 is 11.6 Å². The van der Waals surface area contributed by atoms with Crippen molar-refractivity contribution in [2.24, 2.45) is 11.3 Å². The molecule has 0 aliphatic heterocycles. The van der Waals surface area contributed by atoms with E-state index in [2.05, 4.69) is 67.5 Å². The van der Waals surface area contributed by atoms with Crippen LogP contribution in [-0.2, 0) is 19.5 Å². The lowest BCUT2D eigenvalue weighted by atomic mass is 9.90. The number of rotatable bonds is 10. The van der Waals surface area contributed by atoms with Gasteiger partial charge in [-0.05, 0) is 82.7 Å². The Balaban J connectivity index is 1.70. The molecule has 0 spiro atoms. The molecule has 1 aliphatic rings. The molecular weight excluding hydrogens is 486 g/mol. The van der Waals surface area contributed by atoms with E-state index in [4.69, 9.17) is 9.97 Å². The first-order valence-corrected chi connectivity index (χ1v) is 14.5. The Kier molecular flexibility index (Phi) is 8.69. The first-order chi connectivity index (χ1) is 18.4. The molecule has 1 amide bonds. The van der Waals surface area contributed by atoms with Gasteiger partial charge in [0.15, 0.2) is 0 Å². The summed E-state index contributed by atoms with van der Waals surface area (Å²) in [5.74, 6) is 1.64. The molecule has 7 heteroatoms. The van der Waals surface area contributed by atoms with Crippen LogP contribution in [0.15, 0.2) is 42.6 Å². The maximum absolute atomic E-state index is 12.1. The molecule has 1 aliphatic carbocycles. The maximum atomic E-state index is 12.1. The molecular formula is C32H47N5O2. The smallest absolute Gasteiger partial charge is 0.407 e. The number of aryl methyl sites for hydroxylation is 1. The van der Waals surface area contributed by atoms with Gasteiger partial charge in [0.1, 0.15) is 5.82 Å². The normalized spacial score (nSPS) is 16.2. The zero-order valence-corrected chi connectivity index (χ0v) is 24.9. The third kappa shape index (κ3) is 6.99. The molecule has 1 aromatic carbocycles. The molecule has 1 unspecified atom stereocenters. The number of nitrogens with zero attached hydrogens (tertiary/aromatic N) is 5. The van der Waals surface area contributed by atoms with Crippen molar-refractivity contribution in [1.82, 2.24) is 24.3 Å². The fourth-order valence-electron chi connectivity index (χ4n) is 5.81. The number of amides is 1. The highest BCUT2D eigenvalue weighted by Gasteiger charge is 2.34. The number of hydrogen-bond donors (Lipinski definition) is 1. The molecule has 7 nitrogen and oxygen atoms in total. The number of aromatic nitrogens is 3. The van der Waals surface area contributed by atoms with Crippen molar-refractivity contribution < 1.29 is 9.90 Å². The molecule has 0 bridgehead atoms. The quantitative estimate of drug-likeness (QED) is 0.299. The van der Waals surface area contributed by atoms with Crippen LogP contribution in [0.4, 0.5) is 4.79 Å². The Hall–Kier alpha value is -2.93. The largest absolute Gasteiger partial charge is 0.465 e. The van der Waals surface area contributed by atoms with E-state index in [9.17, 15) is 9.90 Å². The molecule has 2 heterocycles. The van der Waals surface area contributed by atoms with E-state index in [1.54, 1.807) is 4.90 Å². The molecule has 1 atom stereocenters. The zero-order valence-electron chi connectivity index (χ0n) is 24.9. The van der Waals surface area contributed by atoms with Crippen molar-refractivity contribution in [2.45, 2.75) is 98.8 Å². The van der Waals surface area contributed by atoms with Gasteiger partial charge in [0.2, 0.25) is 0 Å². The topological polar surface area (TPSA) is 74.5 Å². The Morgan fingerprint density at radius 1 is 1.13 bits per heavy atom. The van der Waals surface area contributed by atoms with Crippen molar-refractivity contribution in [2.75, 3.05) is 13.1 Å². The monoisotopic (exact) mass is 533 g/mol. The first-order valence-electron chi connectivity index (χ1n) is 14.5. The Bertz CT molecular complexity index is 1270. The van der Waals surface area contributed by atoms with Crippen LogP contribution in [0.1, 0.15) is 90.9 Å². The predicted octanol–water partition coefficient (Wildman–Crippen LogP) is 7.16. The van der Waals surface area contributed by atoms with Crippen LogP contribution in [0.3, 0.4) is 0 Å². The van der Waals surface area contributed by atoms with Crippen LogP contribution in [0.5, 0.6) is 0 Å². The SMILES string of the molecule is CC(C)CCN(Cc1nc2ccccc2n1CC(C)(C)CN(C(=O)O)C(C)(C)C)C1CCCc2cccnc21. The Morgan fingerprint density at radius 2 is 1.87 bits per heavy atom. The summed E-state index contributed by atoms with van der Waals surface area (Å²) in [4.78, 5) is 26.3. The predicted molar refractivity (Wildman–Crippen MR) is 158 cm³/mol. The van der Waals surface area contributed by atoms with Gasteiger partial charge in [-0.2, -0.15) is 0 Å². The van der Waals surface area contributed by atoms with Crippen LogP contribution in [-0.4, -0.2) is 54.2 Å². The Morgan fingerprint density at radius 3 is 2.56 bits per heavy atom. The number of imidazole rings is 1. The second-order valence-corrected chi connectivity index (χ2v) is 13.4. The number of pyridine rings is 1. The number of para-hydroxylation sites is 2. The van der Waals surface area contributed by atoms with Crippen molar-refractivity contribution >= 4 is 17.1 Å². The van der Waals surface area contributed by atoms with Crippen LogP contribution < -0.4 is 0 Å². The lowest BCUT2D eigenvalue weighted by Crippen LogP contribution is -2.50. The molecule has 2 aromatic heterocycles. The van der Waals surface area contributed by atoms with Crippen molar-refractivity contribution in [3.05, 3.63) is 59.7 Å². The summed E-state index contributed by atoms with van der Waals surface area (Å²) in [5.41, 5.74) is 3.90. The van der Waals surface area contributed by atoms with Gasteiger partial charge in [0, 0.05) is 30.2 Å². The van der Waals surface area contributed by atoms with Crippen LogP contribution in [0.25, 0.3) is 11.0 Å².